The minimum atomic E-state index is 0. The molecule has 0 radical (unpaired) electrons. The summed E-state index contributed by atoms with van der Waals surface area (Å²) in [6.07, 6.45) is 23.0. The SMILES string of the molecule is CCCCCCCCCCCC[N+](C)(C)CCCCCCCC.[Cl-]. The third-order valence-corrected chi connectivity index (χ3v) is 5.23. The Morgan fingerprint density at radius 3 is 0.958 bits per heavy atom. The maximum absolute atomic E-state index is 2.43. The molecule has 0 unspecified atom stereocenters. The lowest BCUT2D eigenvalue weighted by molar-refractivity contribution is -0.890. The van der Waals surface area contributed by atoms with Gasteiger partial charge in [-0.15, -0.1) is 0 Å². The molecule has 24 heavy (non-hydrogen) atoms. The van der Waals surface area contributed by atoms with Crippen molar-refractivity contribution >= 4 is 0 Å². The Balaban J connectivity index is 0. The molecule has 0 bridgehead atoms. The number of quaternary nitrogens is 1. The number of hydrogen-bond acceptors (Lipinski definition) is 0. The van der Waals surface area contributed by atoms with Crippen molar-refractivity contribution in [3.63, 3.8) is 0 Å². The van der Waals surface area contributed by atoms with Gasteiger partial charge in [-0.2, -0.15) is 0 Å². The van der Waals surface area contributed by atoms with E-state index in [0.29, 0.717) is 0 Å². The average Bonchev–Trinajstić information content (AvgIpc) is 2.52. The maximum Gasteiger partial charge on any atom is 0.0782 e. The molecule has 0 heterocycles. The Hall–Kier alpha value is 0.250. The first-order valence-corrected chi connectivity index (χ1v) is 10.9. The molecule has 0 fully saturated rings. The highest BCUT2D eigenvalue weighted by Crippen LogP contribution is 2.13. The van der Waals surface area contributed by atoms with Gasteiger partial charge in [-0.1, -0.05) is 90.9 Å². The Labute approximate surface area is 161 Å². The van der Waals surface area contributed by atoms with Crippen LogP contribution in [0.2, 0.25) is 0 Å². The number of rotatable bonds is 18. The summed E-state index contributed by atoms with van der Waals surface area (Å²) >= 11 is 0. The largest absolute Gasteiger partial charge is 1.00 e. The predicted octanol–water partition coefficient (Wildman–Crippen LogP) is 4.35. The van der Waals surface area contributed by atoms with Gasteiger partial charge in [0.25, 0.3) is 0 Å². The second-order valence-electron chi connectivity index (χ2n) is 8.33. The average molecular weight is 362 g/mol. The lowest BCUT2D eigenvalue weighted by Crippen LogP contribution is -3.00. The summed E-state index contributed by atoms with van der Waals surface area (Å²) in [5.41, 5.74) is 0. The number of halogens is 1. The first kappa shape index (κ1) is 26.5. The fraction of sp³-hybridized carbons (Fsp3) is 1.00. The van der Waals surface area contributed by atoms with Crippen molar-refractivity contribution < 1.29 is 16.9 Å². The first-order valence-electron chi connectivity index (χ1n) is 10.9. The third kappa shape index (κ3) is 20.3. The topological polar surface area (TPSA) is 0 Å². The Morgan fingerprint density at radius 2 is 0.667 bits per heavy atom. The van der Waals surface area contributed by atoms with E-state index in [1.807, 2.05) is 0 Å². The Bertz CT molecular complexity index is 228. The van der Waals surface area contributed by atoms with Crippen LogP contribution in [0.5, 0.6) is 0 Å². The second kappa shape index (κ2) is 19.6. The second-order valence-corrected chi connectivity index (χ2v) is 8.33. The van der Waals surface area contributed by atoms with Crippen molar-refractivity contribution in [1.82, 2.24) is 0 Å². The van der Waals surface area contributed by atoms with Gasteiger partial charge in [-0.05, 0) is 25.7 Å². The van der Waals surface area contributed by atoms with Crippen LogP contribution in [-0.4, -0.2) is 31.7 Å². The number of nitrogens with zero attached hydrogens (tertiary/aromatic N) is 1. The highest BCUT2D eigenvalue weighted by molar-refractivity contribution is 4.48. The monoisotopic (exact) mass is 361 g/mol. The van der Waals surface area contributed by atoms with Gasteiger partial charge in [-0.3, -0.25) is 0 Å². The van der Waals surface area contributed by atoms with E-state index in [0.717, 1.165) is 0 Å². The molecule has 0 aliphatic heterocycles. The van der Waals surface area contributed by atoms with E-state index in [9.17, 15) is 0 Å². The molecule has 0 spiro atoms. The van der Waals surface area contributed by atoms with E-state index in [1.165, 1.54) is 120 Å². The van der Waals surface area contributed by atoms with E-state index in [4.69, 9.17) is 0 Å². The van der Waals surface area contributed by atoms with Crippen LogP contribution in [0.15, 0.2) is 0 Å². The maximum atomic E-state index is 2.43. The number of unbranched alkanes of at least 4 members (excludes halogenated alkanes) is 14. The van der Waals surface area contributed by atoms with Gasteiger partial charge in [0.05, 0.1) is 27.2 Å². The van der Waals surface area contributed by atoms with E-state index < -0.39 is 0 Å². The van der Waals surface area contributed by atoms with Crippen LogP contribution >= 0.6 is 0 Å². The summed E-state index contributed by atoms with van der Waals surface area (Å²) in [7, 11) is 4.86. The normalized spacial score (nSPS) is 11.5. The molecule has 0 aromatic heterocycles. The van der Waals surface area contributed by atoms with Crippen LogP contribution in [0.25, 0.3) is 0 Å². The summed E-state index contributed by atoms with van der Waals surface area (Å²) in [6, 6.07) is 0. The first-order chi connectivity index (χ1) is 11.1. The molecule has 0 atom stereocenters. The van der Waals surface area contributed by atoms with Crippen LogP contribution in [-0.2, 0) is 0 Å². The minimum Gasteiger partial charge on any atom is -1.00 e. The fourth-order valence-electron chi connectivity index (χ4n) is 3.46. The van der Waals surface area contributed by atoms with Gasteiger partial charge in [0.15, 0.2) is 0 Å². The summed E-state index contributed by atoms with van der Waals surface area (Å²) < 4.78 is 1.24. The van der Waals surface area contributed by atoms with Crippen molar-refractivity contribution in [3.05, 3.63) is 0 Å². The Kier molecular flexibility index (Phi) is 21.6. The minimum absolute atomic E-state index is 0. The van der Waals surface area contributed by atoms with Crippen molar-refractivity contribution in [2.75, 3.05) is 27.2 Å². The summed E-state index contributed by atoms with van der Waals surface area (Å²) in [5, 5.41) is 0. The highest BCUT2D eigenvalue weighted by Gasteiger charge is 2.13. The molecule has 0 N–H and O–H groups in total. The molecule has 0 aromatic carbocycles. The van der Waals surface area contributed by atoms with Crippen molar-refractivity contribution in [3.8, 4) is 0 Å². The predicted molar refractivity (Wildman–Crippen MR) is 107 cm³/mol. The number of hydrogen-bond donors (Lipinski definition) is 0. The van der Waals surface area contributed by atoms with Crippen LogP contribution in [0, 0.1) is 0 Å². The third-order valence-electron chi connectivity index (χ3n) is 5.23. The van der Waals surface area contributed by atoms with E-state index in [-0.39, 0.29) is 12.4 Å². The molecule has 2 heteroatoms. The molecule has 148 valence electrons. The zero-order valence-electron chi connectivity index (χ0n) is 17.6. The summed E-state index contributed by atoms with van der Waals surface area (Å²) in [5.74, 6) is 0. The molecule has 0 saturated carbocycles. The van der Waals surface area contributed by atoms with Gasteiger partial charge in [0.2, 0.25) is 0 Å². The van der Waals surface area contributed by atoms with E-state index in [1.54, 1.807) is 0 Å². The quantitative estimate of drug-likeness (QED) is 0.251. The molecule has 0 amide bonds. The summed E-state index contributed by atoms with van der Waals surface area (Å²) in [6.45, 7) is 7.36. The van der Waals surface area contributed by atoms with E-state index in [2.05, 4.69) is 27.9 Å². The van der Waals surface area contributed by atoms with Crippen molar-refractivity contribution in [2.24, 2.45) is 0 Å². The molecule has 0 saturated heterocycles. The fourth-order valence-corrected chi connectivity index (χ4v) is 3.46. The zero-order valence-corrected chi connectivity index (χ0v) is 18.3. The zero-order chi connectivity index (χ0) is 17.2. The van der Waals surface area contributed by atoms with Crippen LogP contribution in [0.1, 0.15) is 117 Å². The smallest absolute Gasteiger partial charge is 0.0782 e. The lowest BCUT2D eigenvalue weighted by atomic mass is 10.1. The molecule has 0 aromatic rings. The molecular formula is C22H48ClN. The summed E-state index contributed by atoms with van der Waals surface area (Å²) in [4.78, 5) is 0. The van der Waals surface area contributed by atoms with Gasteiger partial charge in [0.1, 0.15) is 0 Å². The van der Waals surface area contributed by atoms with Crippen LogP contribution < -0.4 is 12.4 Å². The van der Waals surface area contributed by atoms with E-state index >= 15 is 0 Å². The molecule has 0 rings (SSSR count). The molecule has 0 aliphatic rings. The Morgan fingerprint density at radius 1 is 0.417 bits per heavy atom. The van der Waals surface area contributed by atoms with Gasteiger partial charge in [-0.25, -0.2) is 0 Å². The standard InChI is InChI=1S/C22H48N.ClH/c1-5-7-9-11-13-14-15-16-18-20-22-23(3,4)21-19-17-12-10-8-6-2;/h5-22H2,1-4H3;1H/q+1;/p-1. The van der Waals surface area contributed by atoms with Crippen LogP contribution in [0.4, 0.5) is 0 Å². The van der Waals surface area contributed by atoms with Gasteiger partial charge < -0.3 is 16.9 Å². The van der Waals surface area contributed by atoms with Gasteiger partial charge >= 0.3 is 0 Å². The molecule has 1 nitrogen and oxygen atoms in total. The molecule has 0 aliphatic carbocycles. The van der Waals surface area contributed by atoms with Gasteiger partial charge in [0, 0.05) is 0 Å². The molecular weight excluding hydrogens is 314 g/mol. The van der Waals surface area contributed by atoms with Crippen molar-refractivity contribution in [2.45, 2.75) is 117 Å². The lowest BCUT2D eigenvalue weighted by Gasteiger charge is -2.30. The van der Waals surface area contributed by atoms with Crippen LogP contribution in [0.3, 0.4) is 0 Å². The van der Waals surface area contributed by atoms with Crippen molar-refractivity contribution in [1.29, 1.82) is 0 Å². The highest BCUT2D eigenvalue weighted by atomic mass is 35.5.